The Morgan fingerprint density at radius 3 is 2.77 bits per heavy atom. The van der Waals surface area contributed by atoms with Crippen LogP contribution in [-0.2, 0) is 6.54 Å². The number of nitrogens with zero attached hydrogens (tertiary/aromatic N) is 4. The predicted octanol–water partition coefficient (Wildman–Crippen LogP) is 5.23. The number of thioether (sulfide) groups is 1. The molecule has 1 N–H and O–H groups in total. The lowest BCUT2D eigenvalue weighted by molar-refractivity contribution is 0.103. The Labute approximate surface area is 184 Å². The third kappa shape index (κ3) is 4.23. The van der Waals surface area contributed by atoms with E-state index in [0.29, 0.717) is 22.3 Å². The van der Waals surface area contributed by atoms with Gasteiger partial charge in [0.15, 0.2) is 5.13 Å². The fraction of sp³-hybridized carbons (Fsp3) is 0.200. The quantitative estimate of drug-likeness (QED) is 0.401. The van der Waals surface area contributed by atoms with Crippen LogP contribution in [0.1, 0.15) is 26.6 Å². The van der Waals surface area contributed by atoms with Gasteiger partial charge in [-0.2, -0.15) is 10.4 Å². The van der Waals surface area contributed by atoms with Gasteiger partial charge < -0.3 is 0 Å². The summed E-state index contributed by atoms with van der Waals surface area (Å²) in [6, 6.07) is 10.2. The van der Waals surface area contributed by atoms with Crippen LogP contribution in [0.4, 0.5) is 9.52 Å². The number of hydrogen-bond acceptors (Lipinski definition) is 7. The van der Waals surface area contributed by atoms with Crippen LogP contribution in [0.3, 0.4) is 0 Å². The average Bonchev–Trinajstić information content (AvgIpc) is 3.38. The van der Waals surface area contributed by atoms with Crippen LogP contribution < -0.4 is 5.32 Å². The second kappa shape index (κ2) is 8.55. The number of aromatic nitrogens is 3. The zero-order chi connectivity index (χ0) is 21.3. The Hall–Kier alpha value is -2.74. The van der Waals surface area contributed by atoms with Crippen molar-refractivity contribution in [3.8, 4) is 6.07 Å². The first-order valence-electron chi connectivity index (χ1n) is 8.94. The zero-order valence-corrected chi connectivity index (χ0v) is 18.6. The summed E-state index contributed by atoms with van der Waals surface area (Å²) in [5.74, 6) is -0.159. The van der Waals surface area contributed by atoms with Crippen molar-refractivity contribution in [3.63, 3.8) is 0 Å². The molecule has 0 spiro atoms. The highest BCUT2D eigenvalue weighted by molar-refractivity contribution is 8.01. The monoisotopic (exact) mass is 457 g/mol. The van der Waals surface area contributed by atoms with Crippen molar-refractivity contribution >= 4 is 55.7 Å². The SMILES string of the molecule is Cc1nc(NC(=O)c2cc3c(C)nn(Cc4ccc(F)cc4)c3s2)sc1SCC#N. The lowest BCUT2D eigenvalue weighted by Gasteiger charge is -2.03. The van der Waals surface area contributed by atoms with Crippen molar-refractivity contribution in [3.05, 3.63) is 58.0 Å². The summed E-state index contributed by atoms with van der Waals surface area (Å²) in [5.41, 5.74) is 2.57. The van der Waals surface area contributed by atoms with Crippen molar-refractivity contribution in [2.75, 3.05) is 11.1 Å². The maximum absolute atomic E-state index is 13.2. The van der Waals surface area contributed by atoms with E-state index < -0.39 is 0 Å². The minimum absolute atomic E-state index is 0.227. The molecule has 10 heteroatoms. The molecule has 152 valence electrons. The van der Waals surface area contributed by atoms with Gasteiger partial charge in [0, 0.05) is 5.39 Å². The number of halogens is 1. The summed E-state index contributed by atoms with van der Waals surface area (Å²) in [6.07, 6.45) is 0. The van der Waals surface area contributed by atoms with E-state index in [4.69, 9.17) is 5.26 Å². The fourth-order valence-electron chi connectivity index (χ4n) is 2.92. The third-order valence-corrected chi connectivity index (χ3v) is 7.77. The first-order valence-corrected chi connectivity index (χ1v) is 11.6. The molecule has 4 aromatic rings. The molecule has 0 bridgehead atoms. The van der Waals surface area contributed by atoms with Crippen LogP contribution in [0.2, 0.25) is 0 Å². The highest BCUT2D eigenvalue weighted by Gasteiger charge is 2.18. The second-order valence-corrected chi connectivity index (χ2v) is 9.77. The molecule has 3 aromatic heterocycles. The van der Waals surface area contributed by atoms with Gasteiger partial charge in [-0.05, 0) is 37.6 Å². The number of hydrogen-bond donors (Lipinski definition) is 1. The van der Waals surface area contributed by atoms with Crippen LogP contribution in [0, 0.1) is 31.0 Å². The van der Waals surface area contributed by atoms with Crippen molar-refractivity contribution in [2.45, 2.75) is 24.6 Å². The summed E-state index contributed by atoms with van der Waals surface area (Å²) >= 11 is 4.14. The smallest absolute Gasteiger partial charge is 0.267 e. The van der Waals surface area contributed by atoms with Gasteiger partial charge in [-0.25, -0.2) is 9.37 Å². The van der Waals surface area contributed by atoms with E-state index >= 15 is 0 Å². The maximum atomic E-state index is 13.2. The molecule has 0 aliphatic carbocycles. The van der Waals surface area contributed by atoms with E-state index in [1.165, 1.54) is 46.6 Å². The van der Waals surface area contributed by atoms with Crippen molar-refractivity contribution < 1.29 is 9.18 Å². The lowest BCUT2D eigenvalue weighted by atomic mass is 10.2. The summed E-state index contributed by atoms with van der Waals surface area (Å²) in [4.78, 5) is 18.6. The Balaban J connectivity index is 1.55. The number of nitrogens with one attached hydrogen (secondary N) is 1. The van der Waals surface area contributed by atoms with Gasteiger partial charge in [0.2, 0.25) is 0 Å². The van der Waals surface area contributed by atoms with Gasteiger partial charge in [0.05, 0.1) is 38.8 Å². The average molecular weight is 458 g/mol. The third-order valence-electron chi connectivity index (χ3n) is 4.32. The minimum atomic E-state index is -0.276. The molecule has 0 radical (unpaired) electrons. The van der Waals surface area contributed by atoms with Crippen molar-refractivity contribution in [1.82, 2.24) is 14.8 Å². The lowest BCUT2D eigenvalue weighted by Crippen LogP contribution is -2.09. The van der Waals surface area contributed by atoms with Gasteiger partial charge in [-0.15, -0.1) is 11.3 Å². The highest BCUT2D eigenvalue weighted by atomic mass is 32.2. The molecular weight excluding hydrogens is 441 g/mol. The standard InChI is InChI=1S/C20H16FN5OS3/c1-11-15-9-16(17(27)24-20-23-12(2)19(30-20)28-8-7-22)29-18(15)26(25-11)10-13-3-5-14(21)6-4-13/h3-6,9H,8,10H2,1-2H3,(H,23,24,27). The van der Waals surface area contributed by atoms with E-state index in [9.17, 15) is 9.18 Å². The largest absolute Gasteiger partial charge is 0.297 e. The van der Waals surface area contributed by atoms with Crippen LogP contribution in [0.15, 0.2) is 34.5 Å². The number of nitriles is 1. The summed E-state index contributed by atoms with van der Waals surface area (Å²) in [5, 5.41) is 17.6. The minimum Gasteiger partial charge on any atom is -0.297 e. The number of thiophene rings is 1. The van der Waals surface area contributed by atoms with E-state index in [1.54, 1.807) is 12.1 Å². The van der Waals surface area contributed by atoms with Gasteiger partial charge in [-0.3, -0.25) is 14.8 Å². The van der Waals surface area contributed by atoms with Gasteiger partial charge >= 0.3 is 0 Å². The molecular formula is C20H16FN5OS3. The Morgan fingerprint density at radius 2 is 2.03 bits per heavy atom. The molecule has 3 heterocycles. The number of aryl methyl sites for hydroxylation is 2. The molecule has 1 amide bonds. The number of carbonyl (C=O) groups excluding carboxylic acids is 1. The van der Waals surface area contributed by atoms with E-state index in [1.807, 2.05) is 24.6 Å². The van der Waals surface area contributed by atoms with Crippen LogP contribution in [0.25, 0.3) is 10.2 Å². The first-order chi connectivity index (χ1) is 14.4. The number of carbonyl (C=O) groups is 1. The summed E-state index contributed by atoms with van der Waals surface area (Å²) < 4.78 is 15.9. The maximum Gasteiger partial charge on any atom is 0.267 e. The summed E-state index contributed by atoms with van der Waals surface area (Å²) in [6.45, 7) is 4.26. The normalized spacial score (nSPS) is 11.0. The molecule has 6 nitrogen and oxygen atoms in total. The topological polar surface area (TPSA) is 83.6 Å². The van der Waals surface area contributed by atoms with Gasteiger partial charge in [-0.1, -0.05) is 35.2 Å². The molecule has 0 atom stereocenters. The highest BCUT2D eigenvalue weighted by Crippen LogP contribution is 2.33. The van der Waals surface area contributed by atoms with Crippen molar-refractivity contribution in [1.29, 1.82) is 5.26 Å². The Bertz CT molecular complexity index is 1270. The molecule has 4 rings (SSSR count). The predicted molar refractivity (Wildman–Crippen MR) is 119 cm³/mol. The van der Waals surface area contributed by atoms with E-state index in [2.05, 4.69) is 21.5 Å². The molecule has 0 fully saturated rings. The Morgan fingerprint density at radius 1 is 1.27 bits per heavy atom. The molecule has 0 aliphatic rings. The van der Waals surface area contributed by atoms with E-state index in [-0.39, 0.29) is 11.7 Å². The van der Waals surface area contributed by atoms with Crippen molar-refractivity contribution in [2.24, 2.45) is 0 Å². The summed E-state index contributed by atoms with van der Waals surface area (Å²) in [7, 11) is 0. The number of fused-ring (bicyclic) bond motifs is 1. The van der Waals surface area contributed by atoms with Crippen LogP contribution in [0.5, 0.6) is 0 Å². The molecule has 1 aromatic carbocycles. The van der Waals surface area contributed by atoms with Gasteiger partial charge in [0.25, 0.3) is 5.91 Å². The van der Waals surface area contributed by atoms with Crippen LogP contribution >= 0.6 is 34.4 Å². The van der Waals surface area contributed by atoms with Gasteiger partial charge in [0.1, 0.15) is 10.6 Å². The number of anilines is 1. The second-order valence-electron chi connectivity index (χ2n) is 6.49. The number of rotatable bonds is 6. The molecule has 0 aliphatic heterocycles. The number of benzene rings is 1. The zero-order valence-electron chi connectivity index (χ0n) is 16.1. The van der Waals surface area contributed by atoms with E-state index in [0.717, 1.165) is 31.4 Å². The molecule has 0 unspecified atom stereocenters. The first kappa shape index (κ1) is 20.5. The molecule has 30 heavy (non-hydrogen) atoms. The van der Waals surface area contributed by atoms with Crippen LogP contribution in [-0.4, -0.2) is 26.4 Å². The molecule has 0 saturated heterocycles. The Kier molecular flexibility index (Phi) is 5.85. The fourth-order valence-corrected chi connectivity index (χ4v) is 5.77. The number of thiazole rings is 1. The number of amides is 1. The molecule has 0 saturated carbocycles.